The van der Waals surface area contributed by atoms with Crippen molar-refractivity contribution < 1.29 is 71.6 Å². The molecule has 6 aliphatic heterocycles. The highest BCUT2D eigenvalue weighted by molar-refractivity contribution is 9.09. The summed E-state index contributed by atoms with van der Waals surface area (Å²) in [6.45, 7) is 8.71. The monoisotopic (exact) mass is 1340 g/mol. The Morgan fingerprint density at radius 2 is 1.17 bits per heavy atom. The van der Waals surface area contributed by atoms with Crippen molar-refractivity contribution in [2.24, 2.45) is 11.8 Å². The van der Waals surface area contributed by atoms with Crippen molar-refractivity contribution in [3.63, 3.8) is 0 Å². The normalized spacial score (nSPS) is 19.7. The summed E-state index contributed by atoms with van der Waals surface area (Å²) in [4.78, 5) is 103. The molecule has 6 fully saturated rings. The van der Waals surface area contributed by atoms with Gasteiger partial charge < -0.3 is 48.6 Å². The van der Waals surface area contributed by atoms with Gasteiger partial charge in [0, 0.05) is 97.5 Å². The predicted molar refractivity (Wildman–Crippen MR) is 334 cm³/mol. The SMILES string of the molecule is C.CC(=O)O.CCCC#N.COC(=O)c1sccc1NC(C(=O)O[C@H]1CN2CCC1CC2)c1ccc(OC)nc1.COC(=O)c1sccc1NC(C(=O)O[C@H]1C[N+]2(CC(=O)c3nccs3)CCC1CC2)c1ccc(OC)nc1.O=C(CBr)c1nccs1. The van der Waals surface area contributed by atoms with Crippen molar-refractivity contribution in [3.8, 4) is 17.8 Å². The summed E-state index contributed by atoms with van der Waals surface area (Å²) in [6.07, 6.45) is 11.5. The van der Waals surface area contributed by atoms with Gasteiger partial charge in [-0.1, -0.05) is 30.3 Å². The van der Waals surface area contributed by atoms with Gasteiger partial charge in [0.15, 0.2) is 28.2 Å². The fraction of sp³-hybridized carbons (Fsp3) is 0.458. The maximum atomic E-state index is 13.7. The van der Waals surface area contributed by atoms with Crippen molar-refractivity contribution in [3.05, 3.63) is 114 Å². The van der Waals surface area contributed by atoms with Crippen LogP contribution in [0.15, 0.2) is 82.7 Å². The van der Waals surface area contributed by atoms with Crippen LogP contribution in [0.2, 0.25) is 0 Å². The third kappa shape index (κ3) is 20.4. The maximum absolute atomic E-state index is 13.7. The van der Waals surface area contributed by atoms with Gasteiger partial charge in [-0.3, -0.25) is 19.3 Å². The number of anilines is 2. The number of pyridine rings is 2. The van der Waals surface area contributed by atoms with Crippen LogP contribution in [0.5, 0.6) is 11.8 Å². The number of thiazole rings is 2. The first-order valence-electron chi connectivity index (χ1n) is 27.3. The van der Waals surface area contributed by atoms with Gasteiger partial charge in [-0.15, -0.1) is 45.3 Å². The summed E-state index contributed by atoms with van der Waals surface area (Å²) < 4.78 is 32.7. The average Bonchev–Trinajstić information content (AvgIpc) is 1.67. The summed E-state index contributed by atoms with van der Waals surface area (Å²) in [7, 11) is 5.70. The van der Waals surface area contributed by atoms with Crippen LogP contribution in [-0.2, 0) is 33.3 Å². The van der Waals surface area contributed by atoms with Crippen molar-refractivity contribution in [2.45, 2.75) is 84.1 Å². The first-order valence-corrected chi connectivity index (χ1v) is 31.9. The molecule has 6 saturated heterocycles. The van der Waals surface area contributed by atoms with Gasteiger partial charge in [0.05, 0.1) is 64.3 Å². The van der Waals surface area contributed by atoms with Crippen LogP contribution in [0.25, 0.3) is 0 Å². The van der Waals surface area contributed by atoms with Gasteiger partial charge in [0.1, 0.15) is 28.9 Å². The number of aliphatic carboxylic acids is 1. The molecule has 0 radical (unpaired) electrons. The number of quaternary nitrogens is 1. The third-order valence-electron chi connectivity index (χ3n) is 14.2. The minimum absolute atomic E-state index is 0. The predicted octanol–water partition coefficient (Wildman–Crippen LogP) is 10.1. The van der Waals surface area contributed by atoms with E-state index in [0.29, 0.717) is 89.3 Å². The molecule has 468 valence electrons. The number of carbonyl (C=O) groups excluding carboxylic acids is 6. The number of methoxy groups -OCH3 is 4. The summed E-state index contributed by atoms with van der Waals surface area (Å²) in [5.74, 6) is -1.04. The van der Waals surface area contributed by atoms with E-state index in [0.717, 1.165) is 71.8 Å². The lowest BCUT2D eigenvalue weighted by molar-refractivity contribution is -0.938. The number of unbranched alkanes of at least 4 members (excludes halogenated alkanes) is 1. The molecule has 0 aliphatic carbocycles. The molecule has 12 heterocycles. The van der Waals surface area contributed by atoms with Gasteiger partial charge >= 0.3 is 23.9 Å². The lowest BCUT2D eigenvalue weighted by Gasteiger charge is -2.51. The van der Waals surface area contributed by atoms with E-state index >= 15 is 0 Å². The largest absolute Gasteiger partial charge is 0.481 e. The summed E-state index contributed by atoms with van der Waals surface area (Å²) in [5.41, 5.74) is 2.20. The zero-order valence-electron chi connectivity index (χ0n) is 48.3. The second-order valence-electron chi connectivity index (χ2n) is 19.9. The molecule has 4 bridgehead atoms. The molecule has 4 atom stereocenters. The number of carboxylic acid groups (broad SMARTS) is 1. The zero-order valence-corrected chi connectivity index (χ0v) is 53.2. The van der Waals surface area contributed by atoms with Crippen LogP contribution in [0.1, 0.15) is 122 Å². The molecule has 0 spiro atoms. The zero-order chi connectivity index (χ0) is 62.2. The van der Waals surface area contributed by atoms with Crippen molar-refractivity contribution in [2.75, 3.05) is 90.2 Å². The Bertz CT molecular complexity index is 3180. The van der Waals surface area contributed by atoms with Crippen LogP contribution in [0, 0.1) is 23.2 Å². The number of ketones is 2. The highest BCUT2D eigenvalue weighted by Gasteiger charge is 2.49. The van der Waals surface area contributed by atoms with Gasteiger partial charge in [-0.2, -0.15) is 5.26 Å². The lowest BCUT2D eigenvalue weighted by Crippen LogP contribution is -2.65. The first kappa shape index (κ1) is 70.5. The number of ether oxygens (including phenoxy) is 6. The van der Waals surface area contributed by atoms with Crippen molar-refractivity contribution >= 4 is 114 Å². The van der Waals surface area contributed by atoms with Crippen molar-refractivity contribution in [1.29, 1.82) is 5.26 Å². The third-order valence-corrected chi connectivity index (χ3v) is 18.1. The Labute approximate surface area is 530 Å². The number of Topliss-reactive ketones (excluding diaryl/α,β-unsaturated/α-hetero) is 2. The molecule has 23 nitrogen and oxygen atoms in total. The molecule has 6 aromatic heterocycles. The molecule has 28 heteroatoms. The summed E-state index contributed by atoms with van der Waals surface area (Å²) in [6, 6.07) is 10.7. The maximum Gasteiger partial charge on any atom is 0.350 e. The van der Waals surface area contributed by atoms with E-state index in [1.54, 1.807) is 82.7 Å². The smallest absolute Gasteiger partial charge is 0.350 e. The van der Waals surface area contributed by atoms with Gasteiger partial charge in [0.2, 0.25) is 23.3 Å². The molecule has 2 unspecified atom stereocenters. The molecule has 87 heavy (non-hydrogen) atoms. The van der Waals surface area contributed by atoms with Crippen LogP contribution in [0.3, 0.4) is 0 Å². The quantitative estimate of drug-likeness (QED) is 0.0210. The van der Waals surface area contributed by atoms with Crippen LogP contribution >= 0.6 is 61.3 Å². The van der Waals surface area contributed by atoms with E-state index < -0.39 is 36.0 Å². The Morgan fingerprint density at radius 1 is 0.701 bits per heavy atom. The number of piperidine rings is 6. The molecule has 6 aromatic rings. The Kier molecular flexibility index (Phi) is 28.8. The summed E-state index contributed by atoms with van der Waals surface area (Å²) in [5, 5.41) is 30.2. The van der Waals surface area contributed by atoms with E-state index in [-0.39, 0.29) is 43.1 Å². The first-order chi connectivity index (χ1) is 41.5. The highest BCUT2D eigenvalue weighted by atomic mass is 79.9. The minimum atomic E-state index is -0.910. The second kappa shape index (κ2) is 35.5. The highest BCUT2D eigenvalue weighted by Crippen LogP contribution is 2.38. The van der Waals surface area contributed by atoms with E-state index in [9.17, 15) is 28.8 Å². The number of nitrogens with zero attached hydrogens (tertiary/aromatic N) is 7. The molecule has 0 amide bonds. The molecular weight excluding hydrogens is 1270 g/mol. The van der Waals surface area contributed by atoms with Crippen molar-refractivity contribution in [1.82, 2.24) is 24.8 Å². The number of nitriles is 1. The van der Waals surface area contributed by atoms with Crippen LogP contribution < -0.4 is 20.1 Å². The summed E-state index contributed by atoms with van der Waals surface area (Å²) >= 11 is 8.24. The topological polar surface area (TPSA) is 298 Å². The average molecular weight is 1340 g/mol. The number of halogens is 1. The second-order valence-corrected chi connectivity index (χ2v) is 24.1. The lowest BCUT2D eigenvalue weighted by atomic mass is 9.83. The molecule has 6 aliphatic rings. The molecule has 0 aromatic carbocycles. The standard InChI is InChI=1S/C26H28N4O6S2.C21H25N3O5S.C5H4BrNOS.C4H7N.C2H4O2.CH4/c1-34-21-4-3-17(13-28-21)22(29-18-7-11-37-23(18)26(33)35-2)25(32)36-20-15-30(9-5-16(20)6-10-30)14-19(31)24-27-8-12-38-24;1-27-17-4-3-14(11-22-17)18(23-15-7-10-30-19(15)21(26)28-2)20(25)29-16-12-24-8-5-13(16)6-9-24;6-3-4(8)5-7-1-2-9-5;1-2-3-4-5;1-2(3)4;/h3-4,7-8,11-13,16,20,22H,5-6,9-10,14-15H2,1-2H3;3-4,7,10-11,13,16,18,23H,5-6,8-9,12H2,1-2H3;1-2H,3H2;2-3H2,1H3;1H3,(H,3,4);1H4/p+1/t16?,20-,22?,30?;16-,18?;;;;/m00..../s1. The molecular formula is C59H73BrN9O14S4+. The Hall–Kier alpha value is -7.26. The number of fused-ring (bicyclic) bond motifs is 6. The number of nitrogens with one attached hydrogen (secondary N) is 2. The van der Waals surface area contributed by atoms with Gasteiger partial charge in [-0.25, -0.2) is 39.1 Å². The van der Waals surface area contributed by atoms with Crippen LogP contribution in [0.4, 0.5) is 11.4 Å². The number of hydrogen-bond acceptors (Lipinski definition) is 25. The van der Waals surface area contributed by atoms with E-state index in [2.05, 4.69) is 51.4 Å². The van der Waals surface area contributed by atoms with E-state index in [1.807, 2.05) is 13.0 Å². The number of aromatic nitrogens is 4. The van der Waals surface area contributed by atoms with Gasteiger partial charge in [-0.05, 0) is 73.3 Å². The Balaban J connectivity index is 0.000000248. The molecule has 0 saturated carbocycles. The fourth-order valence-electron chi connectivity index (χ4n) is 9.90. The number of esters is 4. The molecule has 12 rings (SSSR count). The van der Waals surface area contributed by atoms with Gasteiger partial charge in [0.25, 0.3) is 5.97 Å². The number of thiophene rings is 2. The number of carbonyl (C=O) groups is 7. The molecule has 3 N–H and O–H groups in total. The van der Waals surface area contributed by atoms with E-state index in [1.165, 1.54) is 73.8 Å². The minimum Gasteiger partial charge on any atom is -0.481 e. The fourth-order valence-corrected chi connectivity index (χ4v) is 13.0. The Morgan fingerprint density at radius 3 is 1.54 bits per heavy atom. The number of alkyl halides is 1. The number of rotatable bonds is 20. The number of carboxylic acids is 1. The van der Waals surface area contributed by atoms with E-state index in [4.69, 9.17) is 43.6 Å². The van der Waals surface area contributed by atoms with Crippen LogP contribution in [-0.4, -0.2) is 168 Å². The number of hydrogen-bond donors (Lipinski definition) is 3.